The molecule has 0 atom stereocenters. The number of nitrogens with zero attached hydrogens (tertiary/aromatic N) is 2. The Morgan fingerprint density at radius 2 is 1.84 bits per heavy atom. The van der Waals surface area contributed by atoms with Crippen LogP contribution in [-0.2, 0) is 6.42 Å². The first-order chi connectivity index (χ1) is 15.1. The quantitative estimate of drug-likeness (QED) is 0.601. The molecule has 1 heterocycles. The third-order valence-corrected chi connectivity index (χ3v) is 6.38. The minimum Gasteiger partial charge on any atom is -0.352 e. The molecule has 5 nitrogen and oxygen atoms in total. The number of carbonyl (C=O) groups is 2. The van der Waals surface area contributed by atoms with Gasteiger partial charge in [0.1, 0.15) is 0 Å². The van der Waals surface area contributed by atoms with Gasteiger partial charge in [0, 0.05) is 28.9 Å². The largest absolute Gasteiger partial charge is 0.352 e. The second-order valence-corrected chi connectivity index (χ2v) is 8.40. The fraction of sp³-hybridized carbons (Fsp3) is 0.160. The Bertz CT molecular complexity index is 1180. The monoisotopic (exact) mass is 427 g/mol. The molecule has 4 rings (SSSR count). The minimum absolute atomic E-state index is 0.0816. The topological polar surface area (TPSA) is 73.2 Å². The zero-order valence-corrected chi connectivity index (χ0v) is 17.9. The van der Waals surface area contributed by atoms with Crippen LogP contribution in [0.2, 0.25) is 0 Å². The van der Waals surface area contributed by atoms with Gasteiger partial charge in [-0.15, -0.1) is 0 Å². The van der Waals surface area contributed by atoms with Crippen LogP contribution in [0.1, 0.15) is 38.3 Å². The van der Waals surface area contributed by atoms with Gasteiger partial charge >= 0.3 is 0 Å². The van der Waals surface area contributed by atoms with Crippen molar-refractivity contribution in [3.05, 3.63) is 89.0 Å². The average Bonchev–Trinajstić information content (AvgIpc) is 2.91. The number of nitrogens with one attached hydrogen (secondary N) is 1. The summed E-state index contributed by atoms with van der Waals surface area (Å²) in [6, 6.07) is 22.6. The van der Waals surface area contributed by atoms with E-state index in [1.165, 1.54) is 11.8 Å². The number of amides is 2. The van der Waals surface area contributed by atoms with Crippen LogP contribution in [0.25, 0.3) is 0 Å². The molecular formula is C25H21N3O2S. The highest BCUT2D eigenvalue weighted by atomic mass is 32.2. The van der Waals surface area contributed by atoms with Gasteiger partial charge in [0.2, 0.25) is 0 Å². The molecule has 0 aliphatic carbocycles. The van der Waals surface area contributed by atoms with Crippen LogP contribution in [0, 0.1) is 11.3 Å². The fourth-order valence-electron chi connectivity index (χ4n) is 3.49. The van der Waals surface area contributed by atoms with Crippen LogP contribution < -0.4 is 10.2 Å². The van der Waals surface area contributed by atoms with Gasteiger partial charge in [-0.25, -0.2) is 0 Å². The first-order valence-corrected chi connectivity index (χ1v) is 10.8. The molecule has 0 spiro atoms. The van der Waals surface area contributed by atoms with Gasteiger partial charge in [-0.3, -0.25) is 9.59 Å². The summed E-state index contributed by atoms with van der Waals surface area (Å²) in [5.41, 5.74) is 3.71. The van der Waals surface area contributed by atoms with E-state index in [-0.39, 0.29) is 11.8 Å². The van der Waals surface area contributed by atoms with Crippen molar-refractivity contribution in [2.24, 2.45) is 0 Å². The van der Waals surface area contributed by atoms with Gasteiger partial charge in [-0.1, -0.05) is 36.0 Å². The number of carbonyl (C=O) groups excluding carboxylic acids is 2. The predicted molar refractivity (Wildman–Crippen MR) is 122 cm³/mol. The van der Waals surface area contributed by atoms with E-state index in [9.17, 15) is 9.59 Å². The standard InChI is InChI=1S/C25H21N3O2S/c1-28-21-15-19(12-13-23(21)31-22-7-3-2-6-20(22)25(28)30)24(29)27-14-4-5-17-8-10-18(16-26)11-9-17/h2-3,6-13,15H,4-5,14H2,1H3,(H,27,29). The van der Waals surface area contributed by atoms with Gasteiger partial charge in [0.25, 0.3) is 11.8 Å². The summed E-state index contributed by atoms with van der Waals surface area (Å²) >= 11 is 1.54. The molecule has 3 aromatic carbocycles. The van der Waals surface area contributed by atoms with Gasteiger partial charge in [-0.05, 0) is 60.9 Å². The molecule has 0 unspecified atom stereocenters. The molecule has 0 fully saturated rings. The zero-order chi connectivity index (χ0) is 21.8. The van der Waals surface area contributed by atoms with Gasteiger partial charge in [-0.2, -0.15) is 5.26 Å². The fourth-order valence-corrected chi connectivity index (χ4v) is 4.58. The summed E-state index contributed by atoms with van der Waals surface area (Å²) in [6.07, 6.45) is 1.62. The molecule has 2 amide bonds. The first kappa shape index (κ1) is 20.7. The van der Waals surface area contributed by atoms with Crippen LogP contribution in [0.5, 0.6) is 0 Å². The SMILES string of the molecule is CN1C(=O)c2ccccc2Sc2ccc(C(=O)NCCCc3ccc(C#N)cc3)cc21. The van der Waals surface area contributed by atoms with Crippen LogP contribution in [0.15, 0.2) is 76.5 Å². The first-order valence-electron chi connectivity index (χ1n) is 10.0. The van der Waals surface area contributed by atoms with Gasteiger partial charge < -0.3 is 10.2 Å². The number of rotatable bonds is 5. The van der Waals surface area contributed by atoms with E-state index in [1.807, 2.05) is 42.5 Å². The van der Waals surface area contributed by atoms with Crippen molar-refractivity contribution in [2.75, 3.05) is 18.5 Å². The molecule has 6 heteroatoms. The van der Waals surface area contributed by atoms with E-state index < -0.39 is 0 Å². The third-order valence-electron chi connectivity index (χ3n) is 5.24. The molecule has 1 N–H and O–H groups in total. The Kier molecular flexibility index (Phi) is 6.06. The average molecular weight is 428 g/mol. The maximum atomic E-state index is 12.9. The molecule has 154 valence electrons. The Morgan fingerprint density at radius 1 is 1.06 bits per heavy atom. The van der Waals surface area contributed by atoms with Gasteiger partial charge in [0.05, 0.1) is 22.9 Å². The highest BCUT2D eigenvalue weighted by Gasteiger charge is 2.25. The van der Waals surface area contributed by atoms with E-state index in [2.05, 4.69) is 11.4 Å². The smallest absolute Gasteiger partial charge is 0.259 e. The maximum absolute atomic E-state index is 12.9. The van der Waals surface area contributed by atoms with E-state index in [0.29, 0.717) is 23.2 Å². The molecular weight excluding hydrogens is 406 g/mol. The lowest BCUT2D eigenvalue weighted by atomic mass is 10.1. The highest BCUT2D eigenvalue weighted by molar-refractivity contribution is 7.99. The van der Waals surface area contributed by atoms with Crippen molar-refractivity contribution in [2.45, 2.75) is 22.6 Å². The number of hydrogen-bond acceptors (Lipinski definition) is 4. The number of anilines is 1. The molecule has 0 aromatic heterocycles. The molecule has 0 saturated carbocycles. The number of nitriles is 1. The maximum Gasteiger partial charge on any atom is 0.259 e. The Morgan fingerprint density at radius 3 is 2.61 bits per heavy atom. The molecule has 3 aromatic rings. The summed E-state index contributed by atoms with van der Waals surface area (Å²) in [5.74, 6) is -0.239. The Balaban J connectivity index is 1.41. The van der Waals surface area contributed by atoms with Crippen molar-refractivity contribution in [3.63, 3.8) is 0 Å². The molecule has 1 aliphatic heterocycles. The van der Waals surface area contributed by atoms with E-state index in [4.69, 9.17) is 5.26 Å². The van der Waals surface area contributed by atoms with Crippen molar-refractivity contribution >= 4 is 29.3 Å². The summed E-state index contributed by atoms with van der Waals surface area (Å²) < 4.78 is 0. The Hall–Kier alpha value is -3.56. The summed E-state index contributed by atoms with van der Waals surface area (Å²) in [4.78, 5) is 29.0. The van der Waals surface area contributed by atoms with Crippen molar-refractivity contribution in [3.8, 4) is 6.07 Å². The summed E-state index contributed by atoms with van der Waals surface area (Å²) in [5, 5.41) is 11.8. The number of fused-ring (bicyclic) bond motifs is 2. The molecule has 1 aliphatic rings. The second kappa shape index (κ2) is 9.07. The number of benzene rings is 3. The molecule has 31 heavy (non-hydrogen) atoms. The number of aryl methyl sites for hydroxylation is 1. The highest BCUT2D eigenvalue weighted by Crippen LogP contribution is 2.41. The normalized spacial score (nSPS) is 12.4. The zero-order valence-electron chi connectivity index (χ0n) is 17.1. The van der Waals surface area contributed by atoms with Crippen LogP contribution >= 0.6 is 11.8 Å². The van der Waals surface area contributed by atoms with Crippen molar-refractivity contribution in [1.82, 2.24) is 5.32 Å². The van der Waals surface area contributed by atoms with Crippen molar-refractivity contribution < 1.29 is 9.59 Å². The predicted octanol–water partition coefficient (Wildman–Crippen LogP) is 4.66. The lowest BCUT2D eigenvalue weighted by Gasteiger charge is -2.18. The second-order valence-electron chi connectivity index (χ2n) is 7.31. The van der Waals surface area contributed by atoms with Crippen LogP contribution in [-0.4, -0.2) is 25.4 Å². The lowest BCUT2D eigenvalue weighted by Crippen LogP contribution is -2.27. The van der Waals surface area contributed by atoms with E-state index in [0.717, 1.165) is 33.9 Å². The lowest BCUT2D eigenvalue weighted by molar-refractivity contribution is 0.0950. The molecule has 0 saturated heterocycles. The molecule has 0 bridgehead atoms. The van der Waals surface area contributed by atoms with Gasteiger partial charge in [0.15, 0.2) is 0 Å². The number of hydrogen-bond donors (Lipinski definition) is 1. The summed E-state index contributed by atoms with van der Waals surface area (Å²) in [7, 11) is 1.74. The minimum atomic E-state index is -0.157. The van der Waals surface area contributed by atoms with E-state index >= 15 is 0 Å². The van der Waals surface area contributed by atoms with E-state index in [1.54, 1.807) is 36.2 Å². The van der Waals surface area contributed by atoms with Crippen molar-refractivity contribution in [1.29, 1.82) is 5.26 Å². The Labute approximate surface area is 185 Å². The van der Waals surface area contributed by atoms with Crippen LogP contribution in [0.4, 0.5) is 5.69 Å². The third kappa shape index (κ3) is 4.47. The summed E-state index contributed by atoms with van der Waals surface area (Å²) in [6.45, 7) is 0.547. The van der Waals surface area contributed by atoms with Crippen LogP contribution in [0.3, 0.4) is 0 Å². The molecule has 0 radical (unpaired) electrons.